The minimum absolute atomic E-state index is 0.0576. The molecule has 4 nitrogen and oxygen atoms in total. The monoisotopic (exact) mass is 270 g/mol. The van der Waals surface area contributed by atoms with Gasteiger partial charge in [0.15, 0.2) is 0 Å². The van der Waals surface area contributed by atoms with E-state index in [1.807, 2.05) is 48.5 Å². The van der Waals surface area contributed by atoms with Gasteiger partial charge >= 0.3 is 0 Å². The number of rotatable bonds is 5. The van der Waals surface area contributed by atoms with Gasteiger partial charge in [-0.25, -0.2) is 0 Å². The fourth-order valence-corrected chi connectivity index (χ4v) is 1.97. The zero-order valence-corrected chi connectivity index (χ0v) is 11.4. The van der Waals surface area contributed by atoms with E-state index in [9.17, 15) is 4.79 Å². The maximum Gasteiger partial charge on any atom is 0.224 e. The Labute approximate surface area is 118 Å². The highest BCUT2D eigenvalue weighted by Crippen LogP contribution is 2.17. The topological polar surface area (TPSA) is 64.3 Å². The SMILES string of the molecule is COc1ccccc1CC(=O)NCc1ccccc1N. The van der Waals surface area contributed by atoms with Crippen LogP contribution in [-0.2, 0) is 17.8 Å². The fourth-order valence-electron chi connectivity index (χ4n) is 1.97. The molecule has 0 spiro atoms. The van der Waals surface area contributed by atoms with Crippen LogP contribution in [0.15, 0.2) is 48.5 Å². The molecule has 0 radical (unpaired) electrons. The summed E-state index contributed by atoms with van der Waals surface area (Å²) in [5.41, 5.74) is 8.31. The maximum atomic E-state index is 12.0. The van der Waals surface area contributed by atoms with Crippen LogP contribution in [-0.4, -0.2) is 13.0 Å². The number of ether oxygens (including phenoxy) is 1. The number of carbonyl (C=O) groups excluding carboxylic acids is 1. The van der Waals surface area contributed by atoms with E-state index in [0.717, 1.165) is 16.9 Å². The average Bonchev–Trinajstić information content (AvgIpc) is 2.47. The molecule has 2 rings (SSSR count). The molecule has 104 valence electrons. The summed E-state index contributed by atoms with van der Waals surface area (Å²) >= 11 is 0. The lowest BCUT2D eigenvalue weighted by Gasteiger charge is -2.10. The summed E-state index contributed by atoms with van der Waals surface area (Å²) in [6.07, 6.45) is 0.288. The predicted octanol–water partition coefficient (Wildman–Crippen LogP) is 2.14. The molecule has 0 fully saturated rings. The Morgan fingerprint density at radius 3 is 2.45 bits per heavy atom. The zero-order chi connectivity index (χ0) is 14.4. The molecule has 0 heterocycles. The second kappa shape index (κ2) is 6.61. The van der Waals surface area contributed by atoms with E-state index in [4.69, 9.17) is 10.5 Å². The van der Waals surface area contributed by atoms with E-state index in [1.54, 1.807) is 7.11 Å². The number of hydrogen-bond acceptors (Lipinski definition) is 3. The van der Waals surface area contributed by atoms with Crippen molar-refractivity contribution in [3.05, 3.63) is 59.7 Å². The first-order valence-electron chi connectivity index (χ1n) is 6.42. The lowest BCUT2D eigenvalue weighted by atomic mass is 10.1. The summed E-state index contributed by atoms with van der Waals surface area (Å²) in [6, 6.07) is 15.0. The number of para-hydroxylation sites is 2. The minimum atomic E-state index is -0.0576. The van der Waals surface area contributed by atoms with Gasteiger partial charge in [-0.3, -0.25) is 4.79 Å². The Morgan fingerprint density at radius 1 is 1.10 bits per heavy atom. The Kier molecular flexibility index (Phi) is 4.60. The van der Waals surface area contributed by atoms with Crippen molar-refractivity contribution in [1.82, 2.24) is 5.32 Å². The normalized spacial score (nSPS) is 10.1. The number of hydrogen-bond donors (Lipinski definition) is 2. The molecular weight excluding hydrogens is 252 g/mol. The highest BCUT2D eigenvalue weighted by atomic mass is 16.5. The van der Waals surface area contributed by atoms with E-state index in [2.05, 4.69) is 5.32 Å². The van der Waals surface area contributed by atoms with Gasteiger partial charge in [-0.05, 0) is 17.7 Å². The van der Waals surface area contributed by atoms with E-state index in [1.165, 1.54) is 0 Å². The number of carbonyl (C=O) groups is 1. The number of anilines is 1. The minimum Gasteiger partial charge on any atom is -0.496 e. The second-order valence-corrected chi connectivity index (χ2v) is 4.46. The average molecular weight is 270 g/mol. The molecule has 0 atom stereocenters. The first-order valence-corrected chi connectivity index (χ1v) is 6.42. The van der Waals surface area contributed by atoms with Crippen molar-refractivity contribution in [2.45, 2.75) is 13.0 Å². The van der Waals surface area contributed by atoms with Crippen LogP contribution in [0, 0.1) is 0 Å². The molecule has 4 heteroatoms. The number of amides is 1. The molecule has 0 aromatic heterocycles. The summed E-state index contributed by atoms with van der Waals surface area (Å²) in [4.78, 5) is 12.0. The number of nitrogens with one attached hydrogen (secondary N) is 1. The molecule has 0 saturated carbocycles. The molecule has 0 saturated heterocycles. The first-order chi connectivity index (χ1) is 9.70. The van der Waals surface area contributed by atoms with Gasteiger partial charge in [0.2, 0.25) is 5.91 Å². The molecule has 0 aliphatic carbocycles. The molecule has 2 aromatic rings. The van der Waals surface area contributed by atoms with Gasteiger partial charge in [-0.2, -0.15) is 0 Å². The van der Waals surface area contributed by atoms with E-state index in [0.29, 0.717) is 12.2 Å². The molecule has 0 bridgehead atoms. The van der Waals surface area contributed by atoms with Crippen molar-refractivity contribution in [1.29, 1.82) is 0 Å². The second-order valence-electron chi connectivity index (χ2n) is 4.46. The number of methoxy groups -OCH3 is 1. The summed E-state index contributed by atoms with van der Waals surface area (Å²) in [7, 11) is 1.60. The molecule has 2 aromatic carbocycles. The first kappa shape index (κ1) is 13.9. The van der Waals surface area contributed by atoms with Crippen molar-refractivity contribution in [3.63, 3.8) is 0 Å². The number of benzene rings is 2. The third-order valence-corrected chi connectivity index (χ3v) is 3.07. The van der Waals surface area contributed by atoms with Crippen LogP contribution in [0.4, 0.5) is 5.69 Å². The van der Waals surface area contributed by atoms with Gasteiger partial charge in [-0.15, -0.1) is 0 Å². The van der Waals surface area contributed by atoms with Crippen LogP contribution in [0.3, 0.4) is 0 Å². The molecular formula is C16H18N2O2. The summed E-state index contributed by atoms with van der Waals surface area (Å²) in [5.74, 6) is 0.666. The molecule has 0 aliphatic rings. The lowest BCUT2D eigenvalue weighted by molar-refractivity contribution is -0.120. The van der Waals surface area contributed by atoms with Gasteiger partial charge in [0.25, 0.3) is 0 Å². The van der Waals surface area contributed by atoms with Gasteiger partial charge < -0.3 is 15.8 Å². The summed E-state index contributed by atoms with van der Waals surface area (Å²) < 4.78 is 5.23. The Morgan fingerprint density at radius 2 is 1.75 bits per heavy atom. The fraction of sp³-hybridized carbons (Fsp3) is 0.188. The molecule has 0 unspecified atom stereocenters. The Hall–Kier alpha value is -2.49. The van der Waals surface area contributed by atoms with Gasteiger partial charge in [-0.1, -0.05) is 36.4 Å². The predicted molar refractivity (Wildman–Crippen MR) is 79.4 cm³/mol. The molecule has 3 N–H and O–H groups in total. The van der Waals surface area contributed by atoms with Crippen molar-refractivity contribution >= 4 is 11.6 Å². The van der Waals surface area contributed by atoms with E-state index < -0.39 is 0 Å². The largest absolute Gasteiger partial charge is 0.496 e. The third-order valence-electron chi connectivity index (χ3n) is 3.07. The smallest absolute Gasteiger partial charge is 0.224 e. The van der Waals surface area contributed by atoms with E-state index >= 15 is 0 Å². The lowest BCUT2D eigenvalue weighted by Crippen LogP contribution is -2.25. The number of nitrogens with two attached hydrogens (primary N) is 1. The highest BCUT2D eigenvalue weighted by Gasteiger charge is 2.08. The quantitative estimate of drug-likeness (QED) is 0.818. The zero-order valence-electron chi connectivity index (χ0n) is 11.4. The number of nitrogen functional groups attached to an aromatic ring is 1. The van der Waals surface area contributed by atoms with Gasteiger partial charge in [0.05, 0.1) is 13.5 Å². The molecule has 1 amide bonds. The van der Waals surface area contributed by atoms with Crippen molar-refractivity contribution in [3.8, 4) is 5.75 Å². The van der Waals surface area contributed by atoms with Crippen molar-refractivity contribution in [2.75, 3.05) is 12.8 Å². The summed E-state index contributed by atoms with van der Waals surface area (Å²) in [6.45, 7) is 0.431. The van der Waals surface area contributed by atoms with Crippen LogP contribution in [0.25, 0.3) is 0 Å². The standard InChI is InChI=1S/C16H18N2O2/c1-20-15-9-5-3-6-12(15)10-16(19)18-11-13-7-2-4-8-14(13)17/h2-9H,10-11,17H2,1H3,(H,18,19). The van der Waals surface area contributed by atoms with Crippen molar-refractivity contribution < 1.29 is 9.53 Å². The molecule has 20 heavy (non-hydrogen) atoms. The third kappa shape index (κ3) is 3.51. The Balaban J connectivity index is 1.95. The van der Waals surface area contributed by atoms with Gasteiger partial charge in [0.1, 0.15) is 5.75 Å². The maximum absolute atomic E-state index is 12.0. The summed E-state index contributed by atoms with van der Waals surface area (Å²) in [5, 5.41) is 2.87. The molecule has 0 aliphatic heterocycles. The van der Waals surface area contributed by atoms with Crippen LogP contribution in [0.2, 0.25) is 0 Å². The van der Waals surface area contributed by atoms with Crippen LogP contribution >= 0.6 is 0 Å². The highest BCUT2D eigenvalue weighted by molar-refractivity contribution is 5.79. The van der Waals surface area contributed by atoms with Crippen molar-refractivity contribution in [2.24, 2.45) is 0 Å². The van der Waals surface area contributed by atoms with Gasteiger partial charge in [0, 0.05) is 17.8 Å². The van der Waals surface area contributed by atoms with Crippen LogP contribution in [0.1, 0.15) is 11.1 Å². The van der Waals surface area contributed by atoms with Crippen LogP contribution in [0.5, 0.6) is 5.75 Å². The van der Waals surface area contributed by atoms with Crippen LogP contribution < -0.4 is 15.8 Å². The van der Waals surface area contributed by atoms with E-state index in [-0.39, 0.29) is 12.3 Å². The Bertz CT molecular complexity index is 597.